The van der Waals surface area contributed by atoms with E-state index in [1.165, 1.54) is 41.3 Å². The SMILES string of the molecule is C[C@@H](c1oc2ccc(F)cc2c(=O)c1-c1cccc(F)c1)n1nc(-c2ccc(OC(F)F)c(F)c2)c2c(N)ncnc21. The Balaban J connectivity index is 1.59. The maximum absolute atomic E-state index is 14.7. The number of hydrogen-bond donors (Lipinski definition) is 1. The third-order valence-electron chi connectivity index (χ3n) is 6.68. The molecule has 0 spiro atoms. The van der Waals surface area contributed by atoms with E-state index in [1.54, 1.807) is 6.92 Å². The summed E-state index contributed by atoms with van der Waals surface area (Å²) < 4.78 is 80.0. The minimum Gasteiger partial charge on any atom is -0.458 e. The Morgan fingerprint density at radius 2 is 1.74 bits per heavy atom. The van der Waals surface area contributed by atoms with E-state index in [0.717, 1.165) is 30.3 Å². The first-order chi connectivity index (χ1) is 20.1. The van der Waals surface area contributed by atoms with Crippen molar-refractivity contribution in [3.05, 3.63) is 100 Å². The van der Waals surface area contributed by atoms with Gasteiger partial charge >= 0.3 is 6.61 Å². The molecule has 0 aliphatic rings. The standard InChI is InChI=1S/C29H18F5N5O3/c1-13(26-22(14-3-2-4-16(30)9-14)25(40)18-11-17(31)6-8-20(18)41-26)39-28-23(27(35)36-12-37-28)24(38-39)15-5-7-21(19(32)10-15)42-29(33)34/h2-13,29H,1H3,(H2,35,36,37)/t13-/m0/s1. The first-order valence-electron chi connectivity index (χ1n) is 12.4. The fourth-order valence-electron chi connectivity index (χ4n) is 4.81. The van der Waals surface area contributed by atoms with Crippen molar-refractivity contribution in [3.8, 4) is 28.1 Å². The fraction of sp³-hybridized carbons (Fsp3) is 0.103. The van der Waals surface area contributed by atoms with Crippen LogP contribution in [0.4, 0.5) is 27.8 Å². The van der Waals surface area contributed by atoms with Gasteiger partial charge in [0.1, 0.15) is 46.9 Å². The minimum absolute atomic E-state index is 0.0115. The number of rotatable bonds is 6. The van der Waals surface area contributed by atoms with Gasteiger partial charge in [0.05, 0.1) is 16.3 Å². The van der Waals surface area contributed by atoms with E-state index in [2.05, 4.69) is 19.8 Å². The van der Waals surface area contributed by atoms with Gasteiger partial charge in [0, 0.05) is 5.56 Å². The summed E-state index contributed by atoms with van der Waals surface area (Å²) in [5.74, 6) is -2.97. The number of halogens is 5. The molecular weight excluding hydrogens is 561 g/mol. The van der Waals surface area contributed by atoms with Gasteiger partial charge in [0.15, 0.2) is 17.2 Å². The average Bonchev–Trinajstić information content (AvgIpc) is 3.35. The van der Waals surface area contributed by atoms with Crippen molar-refractivity contribution in [2.45, 2.75) is 19.6 Å². The van der Waals surface area contributed by atoms with E-state index < -0.39 is 41.3 Å². The van der Waals surface area contributed by atoms with Crippen molar-refractivity contribution in [3.63, 3.8) is 0 Å². The number of ether oxygens (including phenoxy) is 1. The third kappa shape index (κ3) is 4.58. The van der Waals surface area contributed by atoms with Gasteiger partial charge in [0.2, 0.25) is 5.43 Å². The Hall–Kier alpha value is -5.33. The smallest absolute Gasteiger partial charge is 0.387 e. The molecule has 0 saturated heterocycles. The van der Waals surface area contributed by atoms with Crippen LogP contribution in [0.3, 0.4) is 0 Å². The van der Waals surface area contributed by atoms with Gasteiger partial charge in [-0.15, -0.1) is 0 Å². The minimum atomic E-state index is -3.23. The topological polar surface area (TPSA) is 109 Å². The van der Waals surface area contributed by atoms with Crippen LogP contribution in [0.15, 0.2) is 76.2 Å². The van der Waals surface area contributed by atoms with E-state index in [-0.39, 0.29) is 56.0 Å². The highest BCUT2D eigenvalue weighted by molar-refractivity contribution is 5.98. The molecule has 0 radical (unpaired) electrons. The van der Waals surface area contributed by atoms with E-state index >= 15 is 0 Å². The summed E-state index contributed by atoms with van der Waals surface area (Å²) in [6.45, 7) is -1.60. The predicted octanol–water partition coefficient (Wildman–Crippen LogP) is 6.48. The molecule has 212 valence electrons. The number of aromatic nitrogens is 4. The Labute approximate surface area is 232 Å². The highest BCUT2D eigenvalue weighted by atomic mass is 19.3. The van der Waals surface area contributed by atoms with Gasteiger partial charge in [-0.25, -0.2) is 27.8 Å². The summed E-state index contributed by atoms with van der Waals surface area (Å²) in [5.41, 5.74) is 6.20. The molecule has 8 nitrogen and oxygen atoms in total. The van der Waals surface area contributed by atoms with Crippen LogP contribution in [-0.2, 0) is 0 Å². The van der Waals surface area contributed by atoms with Crippen LogP contribution in [-0.4, -0.2) is 26.4 Å². The Kier molecular flexibility index (Phi) is 6.56. The first-order valence-corrected chi connectivity index (χ1v) is 12.4. The molecule has 0 fully saturated rings. The summed E-state index contributed by atoms with van der Waals surface area (Å²) in [6, 6.07) is 11.1. The molecule has 0 saturated carbocycles. The average molecular weight is 579 g/mol. The number of fused-ring (bicyclic) bond motifs is 2. The number of hydrogen-bond acceptors (Lipinski definition) is 7. The molecular formula is C29H18F5N5O3. The largest absolute Gasteiger partial charge is 0.458 e. The molecule has 42 heavy (non-hydrogen) atoms. The molecule has 0 amide bonds. The predicted molar refractivity (Wildman–Crippen MR) is 143 cm³/mol. The highest BCUT2D eigenvalue weighted by Crippen LogP contribution is 2.37. The van der Waals surface area contributed by atoms with Crippen molar-refractivity contribution >= 4 is 27.8 Å². The van der Waals surface area contributed by atoms with E-state index in [1.807, 2.05) is 0 Å². The van der Waals surface area contributed by atoms with Gasteiger partial charge in [0.25, 0.3) is 0 Å². The summed E-state index contributed by atoms with van der Waals surface area (Å²) in [6.07, 6.45) is 1.18. The molecule has 3 heterocycles. The van der Waals surface area contributed by atoms with Crippen molar-refractivity contribution in [1.29, 1.82) is 0 Å². The Morgan fingerprint density at radius 1 is 0.952 bits per heavy atom. The second-order valence-electron chi connectivity index (χ2n) is 9.27. The van der Waals surface area contributed by atoms with Crippen LogP contribution < -0.4 is 15.9 Å². The van der Waals surface area contributed by atoms with Crippen molar-refractivity contribution < 1.29 is 31.1 Å². The molecule has 3 aromatic carbocycles. The molecule has 6 rings (SSSR count). The maximum Gasteiger partial charge on any atom is 0.387 e. The lowest BCUT2D eigenvalue weighted by molar-refractivity contribution is -0.0521. The van der Waals surface area contributed by atoms with Gasteiger partial charge < -0.3 is 14.9 Å². The van der Waals surface area contributed by atoms with Crippen molar-refractivity contribution in [2.24, 2.45) is 0 Å². The Bertz CT molecular complexity index is 2060. The van der Waals surface area contributed by atoms with Crippen LogP contribution in [0.25, 0.3) is 44.4 Å². The zero-order chi connectivity index (χ0) is 29.7. The van der Waals surface area contributed by atoms with E-state index in [0.29, 0.717) is 0 Å². The molecule has 2 N–H and O–H groups in total. The molecule has 3 aromatic heterocycles. The molecule has 1 atom stereocenters. The first kappa shape index (κ1) is 26.9. The number of benzene rings is 3. The zero-order valence-corrected chi connectivity index (χ0v) is 21.5. The van der Waals surface area contributed by atoms with Crippen LogP contribution in [0, 0.1) is 17.5 Å². The quantitative estimate of drug-likeness (QED) is 0.225. The number of alkyl halides is 2. The lowest BCUT2D eigenvalue weighted by Crippen LogP contribution is -2.16. The van der Waals surface area contributed by atoms with Gasteiger partial charge in [-0.2, -0.15) is 13.9 Å². The van der Waals surface area contributed by atoms with Gasteiger partial charge in [-0.1, -0.05) is 12.1 Å². The lowest BCUT2D eigenvalue weighted by atomic mass is 9.99. The monoisotopic (exact) mass is 579 g/mol. The number of nitrogen functional groups attached to an aromatic ring is 1. The summed E-state index contributed by atoms with van der Waals surface area (Å²) in [4.78, 5) is 22.0. The molecule has 0 bridgehead atoms. The molecule has 13 heteroatoms. The second-order valence-corrected chi connectivity index (χ2v) is 9.27. The summed E-state index contributed by atoms with van der Waals surface area (Å²) in [5, 5.41) is 4.75. The highest BCUT2D eigenvalue weighted by Gasteiger charge is 2.27. The lowest BCUT2D eigenvalue weighted by Gasteiger charge is -2.17. The molecule has 0 unspecified atom stereocenters. The molecule has 0 aliphatic heterocycles. The summed E-state index contributed by atoms with van der Waals surface area (Å²) >= 11 is 0. The van der Waals surface area contributed by atoms with Crippen LogP contribution >= 0.6 is 0 Å². The molecule has 6 aromatic rings. The molecule has 0 aliphatic carbocycles. The van der Waals surface area contributed by atoms with Gasteiger partial charge in [-0.3, -0.25) is 4.79 Å². The fourth-order valence-corrected chi connectivity index (χ4v) is 4.81. The number of nitrogens with two attached hydrogens (primary N) is 1. The number of anilines is 1. The second kappa shape index (κ2) is 10.3. The van der Waals surface area contributed by atoms with Crippen LogP contribution in [0.5, 0.6) is 5.75 Å². The van der Waals surface area contributed by atoms with E-state index in [4.69, 9.17) is 10.2 Å². The van der Waals surface area contributed by atoms with Crippen LogP contribution in [0.2, 0.25) is 0 Å². The van der Waals surface area contributed by atoms with Gasteiger partial charge in [-0.05, 0) is 61.0 Å². The van der Waals surface area contributed by atoms with Crippen molar-refractivity contribution in [2.75, 3.05) is 5.73 Å². The van der Waals surface area contributed by atoms with Crippen LogP contribution in [0.1, 0.15) is 18.7 Å². The third-order valence-corrected chi connectivity index (χ3v) is 6.68. The normalized spacial score (nSPS) is 12.4. The maximum atomic E-state index is 14.7. The summed E-state index contributed by atoms with van der Waals surface area (Å²) in [7, 11) is 0. The van der Waals surface area contributed by atoms with E-state index in [9.17, 15) is 26.7 Å². The zero-order valence-electron chi connectivity index (χ0n) is 21.5. The number of nitrogens with zero attached hydrogens (tertiary/aromatic N) is 4. The van der Waals surface area contributed by atoms with Crippen molar-refractivity contribution in [1.82, 2.24) is 19.7 Å². The Morgan fingerprint density at radius 3 is 2.48 bits per heavy atom.